The first kappa shape index (κ1) is 9.64. The molecule has 3 rings (SSSR count). The number of halogens is 1. The molecule has 1 N–H and O–H groups in total. The average Bonchev–Trinajstić information content (AvgIpc) is 2.29. The molecule has 0 aromatic heterocycles. The molecule has 0 aliphatic carbocycles. The molecule has 0 bridgehead atoms. The van der Waals surface area contributed by atoms with Crippen molar-refractivity contribution in [3.05, 3.63) is 34.3 Å². The van der Waals surface area contributed by atoms with Gasteiger partial charge in [0.25, 0.3) is 0 Å². The summed E-state index contributed by atoms with van der Waals surface area (Å²) in [7, 11) is 0. The fourth-order valence-electron chi connectivity index (χ4n) is 2.69. The highest BCUT2D eigenvalue weighted by atomic mass is 35.5. The second kappa shape index (κ2) is 3.78. The number of piperazine rings is 1. The van der Waals surface area contributed by atoms with Crippen LogP contribution in [0.2, 0.25) is 5.02 Å². The van der Waals surface area contributed by atoms with Gasteiger partial charge in [-0.25, -0.2) is 0 Å². The summed E-state index contributed by atoms with van der Waals surface area (Å²) in [6, 6.07) is 6.87. The van der Waals surface area contributed by atoms with Crippen molar-refractivity contribution >= 4 is 11.6 Å². The van der Waals surface area contributed by atoms with E-state index in [9.17, 15) is 0 Å². The van der Waals surface area contributed by atoms with Crippen molar-refractivity contribution in [2.45, 2.75) is 12.5 Å². The van der Waals surface area contributed by atoms with Crippen LogP contribution in [0.4, 0.5) is 0 Å². The summed E-state index contributed by atoms with van der Waals surface area (Å²) >= 11 is 6.07. The van der Waals surface area contributed by atoms with Crippen LogP contribution in [0.15, 0.2) is 18.2 Å². The van der Waals surface area contributed by atoms with Crippen LogP contribution in [-0.4, -0.2) is 31.1 Å². The Bertz CT molecular complexity index is 378. The summed E-state index contributed by atoms with van der Waals surface area (Å²) in [6.07, 6.45) is 1.17. The highest BCUT2D eigenvalue weighted by Gasteiger charge is 2.29. The number of fused-ring (bicyclic) bond motifs is 3. The normalized spacial score (nSPS) is 25.8. The number of rotatable bonds is 0. The maximum absolute atomic E-state index is 6.07. The zero-order chi connectivity index (χ0) is 10.3. The predicted octanol–water partition coefficient (Wildman–Crippen LogP) is 1.84. The molecule has 1 aromatic rings. The SMILES string of the molecule is Clc1ccc2c(c1)C1CNCCN1CC2. The Morgan fingerprint density at radius 3 is 3.20 bits per heavy atom. The maximum atomic E-state index is 6.07. The second-order valence-corrected chi connectivity index (χ2v) is 4.79. The van der Waals surface area contributed by atoms with E-state index in [1.807, 2.05) is 6.07 Å². The summed E-state index contributed by atoms with van der Waals surface area (Å²) in [5.74, 6) is 0. The van der Waals surface area contributed by atoms with Gasteiger partial charge in [-0.1, -0.05) is 17.7 Å². The van der Waals surface area contributed by atoms with Crippen LogP contribution < -0.4 is 5.32 Å². The van der Waals surface area contributed by atoms with E-state index in [1.165, 1.54) is 24.1 Å². The van der Waals surface area contributed by atoms with Gasteiger partial charge in [-0.05, 0) is 29.7 Å². The van der Waals surface area contributed by atoms with Gasteiger partial charge in [-0.3, -0.25) is 4.90 Å². The van der Waals surface area contributed by atoms with Crippen molar-refractivity contribution < 1.29 is 0 Å². The molecule has 1 unspecified atom stereocenters. The standard InChI is InChI=1S/C12H15ClN2/c13-10-2-1-9-3-5-15-6-4-14-8-12(15)11(9)7-10/h1-2,7,12,14H,3-6,8H2. The van der Waals surface area contributed by atoms with E-state index in [1.54, 1.807) is 0 Å². The quantitative estimate of drug-likeness (QED) is 0.721. The van der Waals surface area contributed by atoms with Gasteiger partial charge in [0.05, 0.1) is 0 Å². The molecule has 2 heterocycles. The summed E-state index contributed by atoms with van der Waals surface area (Å²) in [4.78, 5) is 2.56. The fourth-order valence-corrected chi connectivity index (χ4v) is 2.87. The van der Waals surface area contributed by atoms with Gasteiger partial charge in [0.1, 0.15) is 0 Å². The van der Waals surface area contributed by atoms with Crippen molar-refractivity contribution in [3.8, 4) is 0 Å². The van der Waals surface area contributed by atoms with E-state index < -0.39 is 0 Å². The number of nitrogens with zero attached hydrogens (tertiary/aromatic N) is 1. The Labute approximate surface area is 95.2 Å². The number of benzene rings is 1. The summed E-state index contributed by atoms with van der Waals surface area (Å²) in [6.45, 7) is 4.54. The number of hydrogen-bond donors (Lipinski definition) is 1. The van der Waals surface area contributed by atoms with Crippen LogP contribution in [0, 0.1) is 0 Å². The molecule has 1 saturated heterocycles. The monoisotopic (exact) mass is 222 g/mol. The van der Waals surface area contributed by atoms with Crippen molar-refractivity contribution in [2.75, 3.05) is 26.2 Å². The van der Waals surface area contributed by atoms with Crippen LogP contribution in [0.1, 0.15) is 17.2 Å². The van der Waals surface area contributed by atoms with E-state index in [2.05, 4.69) is 22.3 Å². The zero-order valence-electron chi connectivity index (χ0n) is 8.67. The number of nitrogens with one attached hydrogen (secondary N) is 1. The average molecular weight is 223 g/mol. The lowest BCUT2D eigenvalue weighted by atomic mass is 9.91. The number of hydrogen-bond acceptors (Lipinski definition) is 2. The first-order valence-corrected chi connectivity index (χ1v) is 5.95. The van der Waals surface area contributed by atoms with Gasteiger partial charge in [0.15, 0.2) is 0 Å². The van der Waals surface area contributed by atoms with Crippen LogP contribution in [-0.2, 0) is 6.42 Å². The molecule has 3 heteroatoms. The lowest BCUT2D eigenvalue weighted by Crippen LogP contribution is -2.48. The minimum absolute atomic E-state index is 0.543. The molecule has 2 aliphatic rings. The second-order valence-electron chi connectivity index (χ2n) is 4.35. The molecular weight excluding hydrogens is 208 g/mol. The van der Waals surface area contributed by atoms with E-state index in [4.69, 9.17) is 11.6 Å². The van der Waals surface area contributed by atoms with Gasteiger partial charge < -0.3 is 5.32 Å². The first-order valence-electron chi connectivity index (χ1n) is 5.58. The van der Waals surface area contributed by atoms with Gasteiger partial charge >= 0.3 is 0 Å². The van der Waals surface area contributed by atoms with Gasteiger partial charge in [-0.2, -0.15) is 0 Å². The van der Waals surface area contributed by atoms with Crippen molar-refractivity contribution in [1.29, 1.82) is 0 Å². The first-order chi connectivity index (χ1) is 7.34. The smallest absolute Gasteiger partial charge is 0.0476 e. The summed E-state index contributed by atoms with van der Waals surface area (Å²) < 4.78 is 0. The van der Waals surface area contributed by atoms with E-state index >= 15 is 0 Å². The van der Waals surface area contributed by atoms with Gasteiger partial charge in [0.2, 0.25) is 0 Å². The molecule has 2 aliphatic heterocycles. The minimum Gasteiger partial charge on any atom is -0.314 e. The minimum atomic E-state index is 0.543. The third-order valence-electron chi connectivity index (χ3n) is 3.49. The van der Waals surface area contributed by atoms with Crippen molar-refractivity contribution in [1.82, 2.24) is 10.2 Å². The molecule has 80 valence electrons. The Morgan fingerprint density at radius 2 is 2.27 bits per heavy atom. The van der Waals surface area contributed by atoms with Crippen LogP contribution in [0.5, 0.6) is 0 Å². The summed E-state index contributed by atoms with van der Waals surface area (Å²) in [5, 5.41) is 4.32. The molecular formula is C12H15ClN2. The molecule has 1 atom stereocenters. The molecule has 1 fully saturated rings. The molecule has 1 aromatic carbocycles. The highest BCUT2D eigenvalue weighted by molar-refractivity contribution is 6.30. The molecule has 0 amide bonds. The lowest BCUT2D eigenvalue weighted by Gasteiger charge is -2.40. The predicted molar refractivity (Wildman–Crippen MR) is 62.3 cm³/mol. The molecule has 0 saturated carbocycles. The van der Waals surface area contributed by atoms with Crippen LogP contribution in [0.25, 0.3) is 0 Å². The molecule has 2 nitrogen and oxygen atoms in total. The van der Waals surface area contributed by atoms with Gasteiger partial charge in [0, 0.05) is 37.2 Å². The fraction of sp³-hybridized carbons (Fsp3) is 0.500. The molecule has 0 spiro atoms. The Kier molecular flexibility index (Phi) is 2.43. The Balaban J connectivity index is 2.01. The van der Waals surface area contributed by atoms with Crippen molar-refractivity contribution in [2.24, 2.45) is 0 Å². The highest BCUT2D eigenvalue weighted by Crippen LogP contribution is 2.32. The molecule has 0 radical (unpaired) electrons. The maximum Gasteiger partial charge on any atom is 0.0476 e. The largest absolute Gasteiger partial charge is 0.314 e. The van der Waals surface area contributed by atoms with E-state index in [0.717, 1.165) is 24.7 Å². The Hall–Kier alpha value is -0.570. The summed E-state index contributed by atoms with van der Waals surface area (Å²) in [5.41, 5.74) is 2.91. The van der Waals surface area contributed by atoms with Crippen molar-refractivity contribution in [3.63, 3.8) is 0 Å². The third-order valence-corrected chi connectivity index (χ3v) is 3.72. The zero-order valence-corrected chi connectivity index (χ0v) is 9.43. The topological polar surface area (TPSA) is 15.3 Å². The van der Waals surface area contributed by atoms with Crippen LogP contribution >= 0.6 is 11.6 Å². The van der Waals surface area contributed by atoms with E-state index in [-0.39, 0.29) is 0 Å². The Morgan fingerprint density at radius 1 is 1.33 bits per heavy atom. The molecule has 15 heavy (non-hydrogen) atoms. The lowest BCUT2D eigenvalue weighted by molar-refractivity contribution is 0.152. The van der Waals surface area contributed by atoms with Gasteiger partial charge in [-0.15, -0.1) is 0 Å². The van der Waals surface area contributed by atoms with E-state index in [0.29, 0.717) is 6.04 Å². The third kappa shape index (κ3) is 1.67. The van der Waals surface area contributed by atoms with Crippen LogP contribution in [0.3, 0.4) is 0 Å².